The molecule has 35 heavy (non-hydrogen) atoms. The van der Waals surface area contributed by atoms with Gasteiger partial charge in [-0.1, -0.05) is 0 Å². The Morgan fingerprint density at radius 2 is 1.97 bits per heavy atom. The Bertz CT molecular complexity index is 1460. The fourth-order valence-electron chi connectivity index (χ4n) is 4.04. The van der Waals surface area contributed by atoms with E-state index in [1.165, 1.54) is 0 Å². The normalized spacial score (nSPS) is 12.5. The maximum atomic E-state index is 6.56. The highest BCUT2D eigenvalue weighted by Crippen LogP contribution is 2.37. The zero-order valence-corrected chi connectivity index (χ0v) is 20.9. The second kappa shape index (κ2) is 9.95. The zero-order valence-electron chi connectivity index (χ0n) is 20.1. The van der Waals surface area contributed by atoms with Crippen LogP contribution >= 0.6 is 11.3 Å². The molecule has 2 aromatic carbocycles. The molecule has 9 nitrogen and oxygen atoms in total. The second-order valence-electron chi connectivity index (χ2n) is 8.61. The summed E-state index contributed by atoms with van der Waals surface area (Å²) in [6.07, 6.45) is 5.20. The van der Waals surface area contributed by atoms with E-state index in [0.29, 0.717) is 24.7 Å². The van der Waals surface area contributed by atoms with Gasteiger partial charge in [-0.05, 0) is 50.0 Å². The number of nitrogens with zero attached hydrogens (tertiary/aromatic N) is 6. The van der Waals surface area contributed by atoms with Gasteiger partial charge in [0.25, 0.3) is 0 Å². The first-order valence-corrected chi connectivity index (χ1v) is 12.1. The smallest absolute Gasteiger partial charge is 0.145 e. The van der Waals surface area contributed by atoms with Gasteiger partial charge in [-0.2, -0.15) is 5.10 Å². The van der Waals surface area contributed by atoms with E-state index in [-0.39, 0.29) is 6.10 Å². The van der Waals surface area contributed by atoms with Crippen LogP contribution in [-0.4, -0.2) is 70.1 Å². The van der Waals surface area contributed by atoms with Crippen molar-refractivity contribution in [1.29, 1.82) is 0 Å². The van der Waals surface area contributed by atoms with Crippen LogP contribution in [0.2, 0.25) is 0 Å². The number of nitrogens with one attached hydrogen (secondary N) is 1. The van der Waals surface area contributed by atoms with Gasteiger partial charge in [0, 0.05) is 38.1 Å². The van der Waals surface area contributed by atoms with Crippen molar-refractivity contribution in [3.05, 3.63) is 54.6 Å². The number of aryl methyl sites for hydroxylation is 1. The Hall–Kier alpha value is -3.60. The minimum absolute atomic E-state index is 0.177. The average molecular weight is 490 g/mol. The van der Waals surface area contributed by atoms with Crippen molar-refractivity contribution in [2.75, 3.05) is 39.7 Å². The molecule has 0 spiro atoms. The Labute approximate surface area is 207 Å². The van der Waals surface area contributed by atoms with Gasteiger partial charge in [-0.25, -0.2) is 15.0 Å². The molecule has 0 amide bonds. The van der Waals surface area contributed by atoms with Crippen molar-refractivity contribution in [2.45, 2.75) is 6.10 Å². The molecule has 180 valence electrons. The summed E-state index contributed by atoms with van der Waals surface area (Å²) in [5.74, 6) is 1.36. The molecule has 3 aromatic heterocycles. The van der Waals surface area contributed by atoms with Crippen molar-refractivity contribution >= 4 is 44.0 Å². The van der Waals surface area contributed by atoms with Crippen LogP contribution in [0, 0.1) is 0 Å². The van der Waals surface area contributed by atoms with Crippen LogP contribution in [0.25, 0.3) is 32.2 Å². The molecule has 0 aliphatic carbocycles. The average Bonchev–Trinajstić information content (AvgIpc) is 3.47. The number of likely N-dealkylation sites (N-methyl/N-ethyl adjacent to an activating group) is 1. The van der Waals surface area contributed by atoms with Gasteiger partial charge in [-0.3, -0.25) is 4.68 Å². The molecule has 10 heteroatoms. The number of aromatic nitrogens is 5. The molecule has 3 heterocycles. The Kier molecular flexibility index (Phi) is 6.58. The summed E-state index contributed by atoms with van der Waals surface area (Å²) < 4.78 is 14.9. The molecule has 5 rings (SSSR count). The molecule has 1 atom stereocenters. The predicted octanol–water partition coefficient (Wildman–Crippen LogP) is 4.34. The predicted molar refractivity (Wildman–Crippen MR) is 139 cm³/mol. The summed E-state index contributed by atoms with van der Waals surface area (Å²) in [5.41, 5.74) is 6.48. The maximum absolute atomic E-state index is 6.56. The summed E-state index contributed by atoms with van der Waals surface area (Å²) in [4.78, 5) is 15.6. The molecular formula is C25H27N7O2S. The molecule has 0 fully saturated rings. The number of thiazole rings is 1. The summed E-state index contributed by atoms with van der Waals surface area (Å²) in [5, 5.41) is 8.60. The van der Waals surface area contributed by atoms with Crippen LogP contribution in [0.15, 0.2) is 54.6 Å². The SMILES string of the molecule is COC[C@H](CN(C)C)Oc1cc(-c2cnn(C)c2)cc2ncnc(Nc3ccc4ncsc4c3)c12. The lowest BCUT2D eigenvalue weighted by atomic mass is 10.1. The number of anilines is 2. The highest BCUT2D eigenvalue weighted by molar-refractivity contribution is 7.16. The van der Waals surface area contributed by atoms with E-state index in [9.17, 15) is 0 Å². The van der Waals surface area contributed by atoms with Crippen LogP contribution in [0.3, 0.4) is 0 Å². The van der Waals surface area contributed by atoms with E-state index < -0.39 is 0 Å². The van der Waals surface area contributed by atoms with E-state index in [1.54, 1.807) is 29.5 Å². The standard InChI is InChI=1S/C25H27N7O2S/c1-31(2)12-19(13-33-4)34-22-8-16(17-10-29-32(3)11-17)7-21-24(22)25(27-14-26-21)30-18-5-6-20-23(9-18)35-15-28-20/h5-11,14-15,19H,12-13H2,1-4H3,(H,26,27,30)/t19-/m0/s1. The van der Waals surface area contributed by atoms with E-state index in [1.807, 2.05) is 63.3 Å². The number of fused-ring (bicyclic) bond motifs is 2. The third kappa shape index (κ3) is 5.09. The summed E-state index contributed by atoms with van der Waals surface area (Å²) in [6, 6.07) is 10.1. The second-order valence-corrected chi connectivity index (χ2v) is 9.50. The van der Waals surface area contributed by atoms with Crippen LogP contribution in [0.1, 0.15) is 0 Å². The Morgan fingerprint density at radius 1 is 1.09 bits per heavy atom. The lowest BCUT2D eigenvalue weighted by Crippen LogP contribution is -2.34. The summed E-state index contributed by atoms with van der Waals surface area (Å²) in [6.45, 7) is 1.15. The largest absolute Gasteiger partial charge is 0.486 e. The van der Waals surface area contributed by atoms with Crippen molar-refractivity contribution in [2.24, 2.45) is 7.05 Å². The number of benzene rings is 2. The number of rotatable bonds is 9. The molecule has 0 saturated carbocycles. The summed E-state index contributed by atoms with van der Waals surface area (Å²) >= 11 is 1.60. The van der Waals surface area contributed by atoms with E-state index >= 15 is 0 Å². The third-order valence-electron chi connectivity index (χ3n) is 5.55. The molecule has 5 aromatic rings. The van der Waals surface area contributed by atoms with Gasteiger partial charge in [-0.15, -0.1) is 11.3 Å². The third-order valence-corrected chi connectivity index (χ3v) is 6.34. The zero-order chi connectivity index (χ0) is 24.4. The highest BCUT2D eigenvalue weighted by atomic mass is 32.1. The maximum Gasteiger partial charge on any atom is 0.145 e. The van der Waals surface area contributed by atoms with Gasteiger partial charge < -0.3 is 19.7 Å². The number of methoxy groups -OCH3 is 1. The van der Waals surface area contributed by atoms with Crippen molar-refractivity contribution in [1.82, 2.24) is 29.6 Å². The minimum atomic E-state index is -0.177. The van der Waals surface area contributed by atoms with Crippen molar-refractivity contribution < 1.29 is 9.47 Å². The van der Waals surface area contributed by atoms with Gasteiger partial charge in [0.1, 0.15) is 24.0 Å². The molecule has 0 bridgehead atoms. The number of hydrogen-bond acceptors (Lipinski definition) is 9. The lowest BCUT2D eigenvalue weighted by Gasteiger charge is -2.23. The number of hydrogen-bond donors (Lipinski definition) is 1. The molecule has 1 N–H and O–H groups in total. The minimum Gasteiger partial charge on any atom is -0.486 e. The van der Waals surface area contributed by atoms with E-state index in [2.05, 4.69) is 36.3 Å². The van der Waals surface area contributed by atoms with Gasteiger partial charge in [0.05, 0.1) is 39.4 Å². The molecule has 0 aliphatic rings. The van der Waals surface area contributed by atoms with Crippen LogP contribution < -0.4 is 10.1 Å². The highest BCUT2D eigenvalue weighted by Gasteiger charge is 2.19. The first kappa shape index (κ1) is 23.2. The van der Waals surface area contributed by atoms with Crippen LogP contribution in [0.4, 0.5) is 11.5 Å². The molecule has 0 aliphatic heterocycles. The molecule has 0 radical (unpaired) electrons. The van der Waals surface area contributed by atoms with Gasteiger partial charge >= 0.3 is 0 Å². The first-order valence-electron chi connectivity index (χ1n) is 11.2. The van der Waals surface area contributed by atoms with Crippen molar-refractivity contribution in [3.8, 4) is 16.9 Å². The Morgan fingerprint density at radius 3 is 2.74 bits per heavy atom. The molecule has 0 saturated heterocycles. The fourth-order valence-corrected chi connectivity index (χ4v) is 4.76. The lowest BCUT2D eigenvalue weighted by molar-refractivity contribution is 0.0650. The monoisotopic (exact) mass is 489 g/mol. The van der Waals surface area contributed by atoms with E-state index in [4.69, 9.17) is 9.47 Å². The van der Waals surface area contributed by atoms with Gasteiger partial charge in [0.2, 0.25) is 0 Å². The van der Waals surface area contributed by atoms with Crippen LogP contribution in [-0.2, 0) is 11.8 Å². The quantitative estimate of drug-likeness (QED) is 0.327. The summed E-state index contributed by atoms with van der Waals surface area (Å²) in [7, 11) is 7.61. The fraction of sp³-hybridized carbons (Fsp3) is 0.280. The van der Waals surface area contributed by atoms with E-state index in [0.717, 1.165) is 37.9 Å². The topological polar surface area (TPSA) is 90.2 Å². The molecular weight excluding hydrogens is 462 g/mol. The van der Waals surface area contributed by atoms with Crippen molar-refractivity contribution in [3.63, 3.8) is 0 Å². The molecule has 0 unspecified atom stereocenters. The van der Waals surface area contributed by atoms with Crippen LogP contribution in [0.5, 0.6) is 5.75 Å². The Balaban J connectivity index is 1.61. The first-order chi connectivity index (χ1) is 17.0. The van der Waals surface area contributed by atoms with Gasteiger partial charge in [0.15, 0.2) is 0 Å². The number of ether oxygens (including phenoxy) is 2.